The summed E-state index contributed by atoms with van der Waals surface area (Å²) in [6.07, 6.45) is 6.51. The van der Waals surface area contributed by atoms with Crippen molar-refractivity contribution in [1.29, 1.82) is 0 Å². The van der Waals surface area contributed by atoms with Crippen LogP contribution in [0.5, 0.6) is 0 Å². The van der Waals surface area contributed by atoms with Gasteiger partial charge in [0.25, 0.3) is 5.91 Å². The van der Waals surface area contributed by atoms with E-state index in [-0.39, 0.29) is 23.7 Å². The Balaban J connectivity index is 1.30. The average Bonchev–Trinajstić information content (AvgIpc) is 3.41. The number of benzene rings is 2. The zero-order valence-corrected chi connectivity index (χ0v) is 17.0. The molecule has 31 heavy (non-hydrogen) atoms. The van der Waals surface area contributed by atoms with Gasteiger partial charge in [-0.25, -0.2) is 0 Å². The Morgan fingerprint density at radius 2 is 1.65 bits per heavy atom. The first-order chi connectivity index (χ1) is 15.0. The summed E-state index contributed by atoms with van der Waals surface area (Å²) in [7, 11) is 0. The van der Waals surface area contributed by atoms with E-state index in [0.29, 0.717) is 17.8 Å². The number of amides is 2. The van der Waals surface area contributed by atoms with Crippen LogP contribution in [0.4, 0.5) is 11.4 Å². The maximum absolute atomic E-state index is 13.1. The van der Waals surface area contributed by atoms with Gasteiger partial charge >= 0.3 is 5.97 Å². The van der Waals surface area contributed by atoms with Crippen LogP contribution in [0.25, 0.3) is 0 Å². The van der Waals surface area contributed by atoms with E-state index >= 15 is 0 Å². The van der Waals surface area contributed by atoms with Crippen LogP contribution in [0, 0.1) is 23.7 Å². The van der Waals surface area contributed by atoms with Gasteiger partial charge in [0.15, 0.2) is 0 Å². The highest BCUT2D eigenvalue weighted by Gasteiger charge is 2.51. The average molecular weight is 416 g/mol. The summed E-state index contributed by atoms with van der Waals surface area (Å²) in [5.74, 6) is -2.56. The van der Waals surface area contributed by atoms with Crippen LogP contribution < -0.4 is 10.2 Å². The first kappa shape index (κ1) is 19.5. The Morgan fingerprint density at radius 3 is 2.39 bits per heavy atom. The predicted octanol–water partition coefficient (Wildman–Crippen LogP) is 3.74. The summed E-state index contributed by atoms with van der Waals surface area (Å²) in [4.78, 5) is 39.4. The van der Waals surface area contributed by atoms with E-state index in [2.05, 4.69) is 11.4 Å². The van der Waals surface area contributed by atoms with Gasteiger partial charge in [-0.3, -0.25) is 14.4 Å². The van der Waals surface area contributed by atoms with Gasteiger partial charge in [0, 0.05) is 23.5 Å². The summed E-state index contributed by atoms with van der Waals surface area (Å²) < 4.78 is 0. The number of carboxylic acid groups (broad SMARTS) is 1. The van der Waals surface area contributed by atoms with Crippen LogP contribution >= 0.6 is 0 Å². The van der Waals surface area contributed by atoms with E-state index in [0.717, 1.165) is 24.9 Å². The number of hydrogen-bond acceptors (Lipinski definition) is 3. The Hall–Kier alpha value is -3.41. The lowest BCUT2D eigenvalue weighted by Gasteiger charge is -2.29. The number of allylic oxidation sites excluding steroid dienone is 2. The molecule has 0 spiro atoms. The number of rotatable bonds is 4. The first-order valence-corrected chi connectivity index (χ1v) is 10.7. The minimum atomic E-state index is -0.917. The molecule has 0 radical (unpaired) electrons. The fraction of sp³-hybridized carbons (Fsp3) is 0.320. The second-order valence-corrected chi connectivity index (χ2v) is 8.59. The molecule has 158 valence electrons. The molecule has 0 saturated heterocycles. The van der Waals surface area contributed by atoms with E-state index in [1.165, 1.54) is 5.56 Å². The number of carbonyl (C=O) groups is 3. The molecule has 2 bridgehead atoms. The highest BCUT2D eigenvalue weighted by atomic mass is 16.4. The van der Waals surface area contributed by atoms with Crippen molar-refractivity contribution in [3.63, 3.8) is 0 Å². The number of fused-ring (bicyclic) bond motifs is 3. The molecule has 0 unspecified atom stereocenters. The summed E-state index contributed by atoms with van der Waals surface area (Å²) in [6.45, 7) is 0.683. The van der Waals surface area contributed by atoms with Crippen molar-refractivity contribution in [2.75, 3.05) is 16.8 Å². The van der Waals surface area contributed by atoms with Gasteiger partial charge in [-0.15, -0.1) is 0 Å². The maximum atomic E-state index is 13.1. The molecule has 1 heterocycles. The number of hydrogen-bond donors (Lipinski definition) is 2. The molecule has 0 aromatic heterocycles. The zero-order valence-electron chi connectivity index (χ0n) is 17.0. The van der Waals surface area contributed by atoms with Crippen LogP contribution in [0.1, 0.15) is 28.8 Å². The van der Waals surface area contributed by atoms with Gasteiger partial charge in [0.1, 0.15) is 0 Å². The van der Waals surface area contributed by atoms with Crippen molar-refractivity contribution >= 4 is 29.2 Å². The quantitative estimate of drug-likeness (QED) is 0.744. The maximum Gasteiger partial charge on any atom is 0.307 e. The summed E-state index contributed by atoms with van der Waals surface area (Å²) in [5.41, 5.74) is 3.26. The van der Waals surface area contributed by atoms with E-state index < -0.39 is 17.8 Å². The Bertz CT molecular complexity index is 1080. The van der Waals surface area contributed by atoms with E-state index in [1.807, 2.05) is 35.3 Å². The van der Waals surface area contributed by atoms with E-state index in [9.17, 15) is 19.5 Å². The molecule has 2 amide bonds. The third kappa shape index (κ3) is 3.42. The number of nitrogens with one attached hydrogen (secondary N) is 1. The molecule has 1 saturated carbocycles. The Kier molecular flexibility index (Phi) is 4.85. The molecule has 3 aliphatic rings. The lowest BCUT2D eigenvalue weighted by Crippen LogP contribution is -2.36. The lowest BCUT2D eigenvalue weighted by atomic mass is 9.82. The fourth-order valence-corrected chi connectivity index (χ4v) is 5.34. The van der Waals surface area contributed by atoms with Crippen LogP contribution in [0.3, 0.4) is 0 Å². The third-order valence-electron chi connectivity index (χ3n) is 6.80. The fourth-order valence-electron chi connectivity index (χ4n) is 5.34. The highest BCUT2D eigenvalue weighted by molar-refractivity contribution is 6.07. The van der Waals surface area contributed by atoms with Gasteiger partial charge in [-0.1, -0.05) is 30.4 Å². The van der Waals surface area contributed by atoms with Gasteiger partial charge in [0.05, 0.1) is 11.8 Å². The number of aliphatic carboxylic acids is 1. The van der Waals surface area contributed by atoms with Gasteiger partial charge < -0.3 is 15.3 Å². The zero-order chi connectivity index (χ0) is 21.5. The first-order valence-electron chi connectivity index (χ1n) is 10.7. The van der Waals surface area contributed by atoms with Crippen molar-refractivity contribution in [2.24, 2.45) is 23.7 Å². The monoisotopic (exact) mass is 416 g/mol. The number of carboxylic acids is 1. The van der Waals surface area contributed by atoms with Crippen LogP contribution in [0.15, 0.2) is 60.7 Å². The minimum absolute atomic E-state index is 0.0221. The molecule has 2 aliphatic carbocycles. The summed E-state index contributed by atoms with van der Waals surface area (Å²) >= 11 is 0. The van der Waals surface area contributed by atoms with Crippen LogP contribution in [-0.4, -0.2) is 29.4 Å². The SMILES string of the molecule is O=C(Nc1ccc(C(=O)N2CCCc3ccccc32)cc1)[C@@H]1[C@H](C(=O)O)[C@H]2C=C[C@H]1C2. The van der Waals surface area contributed by atoms with Crippen molar-refractivity contribution in [1.82, 2.24) is 0 Å². The molecule has 6 nitrogen and oxygen atoms in total. The normalized spacial score (nSPS) is 25.9. The van der Waals surface area contributed by atoms with E-state index in [4.69, 9.17) is 0 Å². The van der Waals surface area contributed by atoms with Crippen molar-refractivity contribution in [3.8, 4) is 0 Å². The van der Waals surface area contributed by atoms with E-state index in [1.54, 1.807) is 24.3 Å². The van der Waals surface area contributed by atoms with Crippen molar-refractivity contribution in [2.45, 2.75) is 19.3 Å². The number of anilines is 2. The molecule has 1 fully saturated rings. The van der Waals surface area contributed by atoms with Crippen molar-refractivity contribution < 1.29 is 19.5 Å². The van der Waals surface area contributed by atoms with Crippen LogP contribution in [-0.2, 0) is 16.0 Å². The molecule has 5 rings (SSSR count). The molecule has 2 aromatic rings. The molecular weight excluding hydrogens is 392 g/mol. The largest absolute Gasteiger partial charge is 0.481 e. The smallest absolute Gasteiger partial charge is 0.307 e. The lowest BCUT2D eigenvalue weighted by molar-refractivity contribution is -0.146. The number of para-hydroxylation sites is 1. The van der Waals surface area contributed by atoms with Crippen molar-refractivity contribution in [3.05, 3.63) is 71.8 Å². The van der Waals surface area contributed by atoms with Gasteiger partial charge in [0.2, 0.25) is 5.91 Å². The third-order valence-corrected chi connectivity index (χ3v) is 6.80. The molecular formula is C25H24N2O4. The van der Waals surface area contributed by atoms with Gasteiger partial charge in [-0.2, -0.15) is 0 Å². The Labute approximate surface area is 180 Å². The number of nitrogens with zero attached hydrogens (tertiary/aromatic N) is 1. The topological polar surface area (TPSA) is 86.7 Å². The molecule has 1 aliphatic heterocycles. The Morgan fingerprint density at radius 1 is 0.935 bits per heavy atom. The van der Waals surface area contributed by atoms with Gasteiger partial charge in [-0.05, 0) is 67.0 Å². The highest BCUT2D eigenvalue weighted by Crippen LogP contribution is 2.48. The predicted molar refractivity (Wildman–Crippen MR) is 117 cm³/mol. The summed E-state index contributed by atoms with van der Waals surface area (Å²) in [6, 6.07) is 14.8. The minimum Gasteiger partial charge on any atom is -0.481 e. The van der Waals surface area contributed by atoms with Crippen LogP contribution in [0.2, 0.25) is 0 Å². The summed E-state index contributed by atoms with van der Waals surface area (Å²) in [5, 5.41) is 12.4. The standard InChI is InChI=1S/C25H24N2O4/c28-23(21-17-7-8-18(14-17)22(21)25(30)31)26-19-11-9-16(10-12-19)24(29)27-13-3-5-15-4-1-2-6-20(15)27/h1-2,4,6-12,17-18,21-22H,3,5,13-14H2,(H,26,28)(H,30,31)/t17-,18-,21-,22+/m0/s1. The molecule has 2 aromatic carbocycles. The number of carbonyl (C=O) groups excluding carboxylic acids is 2. The number of aryl methyl sites for hydroxylation is 1. The molecule has 2 N–H and O–H groups in total. The molecule has 4 atom stereocenters. The second kappa shape index (κ2) is 7.69. The second-order valence-electron chi connectivity index (χ2n) is 8.59. The molecule has 6 heteroatoms.